The Morgan fingerprint density at radius 2 is 0.476 bits per heavy atom. The SMILES string of the molecule is N#CC1=C(c2ccc(C#N)cc2)C(=C(c2c(F)c(F)c(C#N)c(F)c2F)c2c(F)c(F)c(C#N)c(F)c2F)c2cc3c(cc21)C(=C(c1c(F)c(F)c(C#N)c(F)c1F)c1c(F)c(F)c(C#N)c(F)c1F)C(c1ccc(C#N)cc1)=C3C#N. The third kappa shape index (κ3) is 7.71. The molecule has 7 aromatic rings. The Labute approximate surface area is 447 Å². The summed E-state index contributed by atoms with van der Waals surface area (Å²) in [7, 11) is 0. The van der Waals surface area contributed by atoms with Gasteiger partial charge in [-0.15, -0.1) is 0 Å². The number of hydrogen-bond acceptors (Lipinski definition) is 8. The van der Waals surface area contributed by atoms with E-state index in [2.05, 4.69) is 0 Å². The zero-order chi connectivity index (χ0) is 59.8. The van der Waals surface area contributed by atoms with Crippen molar-refractivity contribution in [2.45, 2.75) is 0 Å². The van der Waals surface area contributed by atoms with Gasteiger partial charge in [0, 0.05) is 44.6 Å². The second-order valence-corrected chi connectivity index (χ2v) is 17.0. The topological polar surface area (TPSA) is 190 Å². The van der Waals surface area contributed by atoms with Crippen LogP contribution in [0, 0.1) is 184 Å². The molecule has 8 nitrogen and oxygen atoms in total. The average Bonchev–Trinajstić information content (AvgIpc) is 3.50. The van der Waals surface area contributed by atoms with Gasteiger partial charge < -0.3 is 0 Å². The van der Waals surface area contributed by atoms with Gasteiger partial charge in [0.2, 0.25) is 0 Å². The maximum atomic E-state index is 16.8. The van der Waals surface area contributed by atoms with Gasteiger partial charge >= 0.3 is 0 Å². The van der Waals surface area contributed by atoms with E-state index in [0.29, 0.717) is 12.1 Å². The Hall–Kier alpha value is -11.7. The van der Waals surface area contributed by atoms with Crippen molar-refractivity contribution in [2.75, 3.05) is 0 Å². The molecule has 0 saturated heterocycles. The molecule has 394 valence electrons. The van der Waals surface area contributed by atoms with Crippen LogP contribution in [0.5, 0.6) is 0 Å². The minimum atomic E-state index is -2.75. The fourth-order valence-electron chi connectivity index (χ4n) is 9.51. The molecule has 7 aromatic carbocycles. The molecule has 0 N–H and O–H groups in total. The molecule has 0 aromatic heterocycles. The molecule has 0 fully saturated rings. The molecule has 9 rings (SSSR count). The van der Waals surface area contributed by atoms with Crippen molar-refractivity contribution in [1.82, 2.24) is 0 Å². The van der Waals surface area contributed by atoms with Crippen molar-refractivity contribution < 1.29 is 70.2 Å². The minimum absolute atomic E-state index is 0.225. The highest BCUT2D eigenvalue weighted by Crippen LogP contribution is 2.59. The average molecular weight is 1120 g/mol. The van der Waals surface area contributed by atoms with Crippen LogP contribution in [0.25, 0.3) is 44.6 Å². The van der Waals surface area contributed by atoms with E-state index in [4.69, 9.17) is 0 Å². The van der Waals surface area contributed by atoms with Crippen molar-refractivity contribution >= 4 is 44.6 Å². The van der Waals surface area contributed by atoms with Gasteiger partial charge in [0.15, 0.2) is 93.1 Å². The lowest BCUT2D eigenvalue weighted by molar-refractivity contribution is 0.440. The first-order chi connectivity index (χ1) is 39.1. The number of rotatable bonds is 6. The van der Waals surface area contributed by atoms with Gasteiger partial charge in [0.05, 0.1) is 56.7 Å². The van der Waals surface area contributed by atoms with Crippen molar-refractivity contribution in [3.8, 4) is 48.6 Å². The van der Waals surface area contributed by atoms with Gasteiger partial charge in [0.25, 0.3) is 0 Å². The number of halogens is 16. The van der Waals surface area contributed by atoms with E-state index in [9.17, 15) is 42.1 Å². The van der Waals surface area contributed by atoms with Gasteiger partial charge in [-0.25, -0.2) is 70.2 Å². The molecular weight excluding hydrogens is 1110 g/mol. The van der Waals surface area contributed by atoms with E-state index >= 15 is 70.2 Å². The second-order valence-electron chi connectivity index (χ2n) is 17.0. The molecule has 0 unspecified atom stereocenters. The van der Waals surface area contributed by atoms with E-state index in [1.807, 2.05) is 0 Å². The molecule has 82 heavy (non-hydrogen) atoms. The number of fused-ring (bicyclic) bond motifs is 2. The maximum absolute atomic E-state index is 16.8. The van der Waals surface area contributed by atoms with Crippen LogP contribution >= 0.6 is 0 Å². The Bertz CT molecular complexity index is 4130. The molecule has 0 heterocycles. The third-order valence-corrected chi connectivity index (χ3v) is 13.1. The number of allylic oxidation sites excluding steroid dienone is 6. The Kier molecular flexibility index (Phi) is 13.6. The molecule has 2 aliphatic carbocycles. The lowest BCUT2D eigenvalue weighted by Crippen LogP contribution is -2.13. The third-order valence-electron chi connectivity index (χ3n) is 13.1. The molecule has 2 aliphatic rings. The number of hydrogen-bond donors (Lipinski definition) is 0. The lowest BCUT2D eigenvalue weighted by Gasteiger charge is -2.22. The first-order valence-corrected chi connectivity index (χ1v) is 22.1. The van der Waals surface area contributed by atoms with Crippen LogP contribution in [0.2, 0.25) is 0 Å². The predicted octanol–water partition coefficient (Wildman–Crippen LogP) is 14.0. The number of nitriles is 8. The highest BCUT2D eigenvalue weighted by molar-refractivity contribution is 6.34. The summed E-state index contributed by atoms with van der Waals surface area (Å²) in [5.74, 6) is -43.0. The zero-order valence-corrected chi connectivity index (χ0v) is 39.4. The van der Waals surface area contributed by atoms with Crippen LogP contribution in [0.1, 0.15) is 89.0 Å². The predicted molar refractivity (Wildman–Crippen MR) is 249 cm³/mol. The normalized spacial score (nSPS) is 12.1. The molecule has 0 atom stereocenters. The first-order valence-electron chi connectivity index (χ1n) is 22.1. The van der Waals surface area contributed by atoms with Crippen LogP contribution in [-0.2, 0) is 0 Å². The van der Waals surface area contributed by atoms with E-state index in [1.165, 1.54) is 0 Å². The molecule has 0 radical (unpaired) electrons. The molecule has 0 spiro atoms. The molecular formula is C58H10F16N8. The van der Waals surface area contributed by atoms with E-state index in [0.717, 1.165) is 72.8 Å². The van der Waals surface area contributed by atoms with Crippen molar-refractivity contribution in [3.05, 3.63) is 243 Å². The fraction of sp³-hybridized carbons (Fsp3) is 0. The summed E-state index contributed by atoms with van der Waals surface area (Å²) in [6.45, 7) is 0. The van der Waals surface area contributed by atoms with Gasteiger partial charge in [-0.2, -0.15) is 42.1 Å². The highest BCUT2D eigenvalue weighted by atomic mass is 19.2. The Balaban J connectivity index is 1.64. The van der Waals surface area contributed by atoms with Crippen molar-refractivity contribution in [2.24, 2.45) is 0 Å². The molecule has 0 saturated carbocycles. The summed E-state index contributed by atoms with van der Waals surface area (Å²) < 4.78 is 262. The maximum Gasteiger partial charge on any atom is 0.180 e. The van der Waals surface area contributed by atoms with E-state index in [-0.39, 0.29) is 11.1 Å². The standard InChI is InChI=1S/C58H10F16N8/c59-43-29(15-79)44(60)52(68)39(51(43)67)37(40-53(69)45(61)30(16-80)46(62)54(40)70)35-25-10-24-26(9-23(25)27(13-77)33(35)21-5-1-19(11-75)2-6-21)36(34(28(24)14-78)22-7-3-20(12-76)4-8-22)38(41-55(71)47(63)31(17-81)48(64)56(41)72)42-57(73)49(65)32(18-82)50(66)58(42)74/h1-10H. The highest BCUT2D eigenvalue weighted by Gasteiger charge is 2.44. The lowest BCUT2D eigenvalue weighted by atomic mass is 9.82. The monoisotopic (exact) mass is 1120 g/mol. The van der Waals surface area contributed by atoms with Gasteiger partial charge in [-0.05, 0) is 58.7 Å². The van der Waals surface area contributed by atoms with Crippen LogP contribution in [0.15, 0.2) is 60.7 Å². The van der Waals surface area contributed by atoms with Crippen molar-refractivity contribution in [3.63, 3.8) is 0 Å². The second kappa shape index (κ2) is 20.3. The van der Waals surface area contributed by atoms with Crippen molar-refractivity contribution in [1.29, 1.82) is 42.1 Å². The van der Waals surface area contributed by atoms with Crippen LogP contribution in [0.3, 0.4) is 0 Å². The van der Waals surface area contributed by atoms with E-state index < -0.39 is 216 Å². The fourth-order valence-corrected chi connectivity index (χ4v) is 9.51. The Morgan fingerprint density at radius 1 is 0.256 bits per heavy atom. The number of nitrogens with zero attached hydrogens (tertiary/aromatic N) is 8. The quantitative estimate of drug-likeness (QED) is 0.116. The summed E-state index contributed by atoms with van der Waals surface area (Å²) in [4.78, 5) is 0. The smallest absolute Gasteiger partial charge is 0.180 e. The van der Waals surface area contributed by atoms with Gasteiger partial charge in [-0.1, -0.05) is 24.3 Å². The summed E-state index contributed by atoms with van der Waals surface area (Å²) in [6, 6.07) is 18.2. The summed E-state index contributed by atoms with van der Waals surface area (Å²) >= 11 is 0. The number of benzene rings is 7. The minimum Gasteiger partial charge on any atom is -0.203 e. The largest absolute Gasteiger partial charge is 0.203 e. The van der Waals surface area contributed by atoms with Gasteiger partial charge in [0.1, 0.15) is 58.7 Å². The summed E-state index contributed by atoms with van der Waals surface area (Å²) in [5, 5.41) is 79.4. The van der Waals surface area contributed by atoms with E-state index in [1.54, 1.807) is 24.3 Å². The molecule has 0 amide bonds. The summed E-state index contributed by atoms with van der Waals surface area (Å²) in [5.41, 5.74) is -33.6. The van der Waals surface area contributed by atoms with Crippen LogP contribution in [0.4, 0.5) is 70.2 Å². The summed E-state index contributed by atoms with van der Waals surface area (Å²) in [6.07, 6.45) is 0. The zero-order valence-electron chi connectivity index (χ0n) is 39.4. The van der Waals surface area contributed by atoms with Crippen LogP contribution < -0.4 is 0 Å². The molecule has 24 heteroatoms. The molecule has 0 aliphatic heterocycles. The first kappa shape index (κ1) is 55.1. The van der Waals surface area contributed by atoms with Gasteiger partial charge in [-0.3, -0.25) is 0 Å². The van der Waals surface area contributed by atoms with Crippen LogP contribution in [-0.4, -0.2) is 0 Å². The Morgan fingerprint density at radius 3 is 0.659 bits per heavy atom. The molecule has 0 bridgehead atoms.